The standard InChI is InChI=1S/C21H21N3O2S/c25-19(11-13-24-12-3-6-21(24)26)22-16-9-7-15(8-10-16)14-20-23-17-4-1-2-5-18(17)27-20/h1-2,4-5,7-10H,3,6,11-14H2,(H,22,25). The second-order valence-electron chi connectivity index (χ2n) is 6.73. The third kappa shape index (κ3) is 4.34. The topological polar surface area (TPSA) is 62.3 Å². The fourth-order valence-electron chi connectivity index (χ4n) is 3.28. The summed E-state index contributed by atoms with van der Waals surface area (Å²) in [4.78, 5) is 30.1. The number of nitrogens with one attached hydrogen (secondary N) is 1. The number of rotatable bonds is 6. The first-order chi connectivity index (χ1) is 13.2. The van der Waals surface area contributed by atoms with Gasteiger partial charge in [0.1, 0.15) is 0 Å². The zero-order valence-corrected chi connectivity index (χ0v) is 15.8. The van der Waals surface area contributed by atoms with Crippen molar-refractivity contribution in [1.82, 2.24) is 9.88 Å². The maximum absolute atomic E-state index is 12.1. The van der Waals surface area contributed by atoms with Gasteiger partial charge in [-0.25, -0.2) is 4.98 Å². The van der Waals surface area contributed by atoms with E-state index in [0.717, 1.165) is 41.2 Å². The van der Waals surface area contributed by atoms with E-state index in [0.29, 0.717) is 19.4 Å². The molecular weight excluding hydrogens is 358 g/mol. The van der Waals surface area contributed by atoms with Gasteiger partial charge in [0.25, 0.3) is 0 Å². The lowest BCUT2D eigenvalue weighted by Gasteiger charge is -2.14. The average molecular weight is 379 g/mol. The molecule has 0 radical (unpaired) electrons. The summed E-state index contributed by atoms with van der Waals surface area (Å²) in [6.45, 7) is 1.27. The van der Waals surface area contributed by atoms with Crippen LogP contribution in [-0.4, -0.2) is 34.8 Å². The van der Waals surface area contributed by atoms with E-state index in [1.807, 2.05) is 42.5 Å². The maximum atomic E-state index is 12.1. The number of hydrogen-bond donors (Lipinski definition) is 1. The quantitative estimate of drug-likeness (QED) is 0.708. The van der Waals surface area contributed by atoms with E-state index in [2.05, 4.69) is 16.4 Å². The van der Waals surface area contributed by atoms with Crippen molar-refractivity contribution in [3.05, 3.63) is 59.1 Å². The Hall–Kier alpha value is -2.73. The second kappa shape index (κ2) is 7.88. The number of likely N-dealkylation sites (tertiary alicyclic amines) is 1. The lowest BCUT2D eigenvalue weighted by molar-refractivity contribution is -0.128. The molecule has 6 heteroatoms. The highest BCUT2D eigenvalue weighted by atomic mass is 32.1. The molecule has 1 saturated heterocycles. The van der Waals surface area contributed by atoms with Crippen LogP contribution in [0, 0.1) is 0 Å². The fourth-order valence-corrected chi connectivity index (χ4v) is 4.28. The molecule has 0 unspecified atom stereocenters. The molecule has 27 heavy (non-hydrogen) atoms. The molecule has 0 atom stereocenters. The van der Waals surface area contributed by atoms with Crippen molar-refractivity contribution < 1.29 is 9.59 Å². The molecule has 1 aliphatic rings. The van der Waals surface area contributed by atoms with Crippen LogP contribution in [-0.2, 0) is 16.0 Å². The predicted molar refractivity (Wildman–Crippen MR) is 108 cm³/mol. The Balaban J connectivity index is 1.31. The summed E-state index contributed by atoms with van der Waals surface area (Å²) in [5.41, 5.74) is 2.98. The minimum atomic E-state index is -0.0615. The highest BCUT2D eigenvalue weighted by molar-refractivity contribution is 7.18. The van der Waals surface area contributed by atoms with Crippen LogP contribution in [0.3, 0.4) is 0 Å². The van der Waals surface area contributed by atoms with Gasteiger partial charge in [0, 0.05) is 38.0 Å². The Morgan fingerprint density at radius 3 is 2.70 bits per heavy atom. The number of carbonyl (C=O) groups excluding carboxylic acids is 2. The van der Waals surface area contributed by atoms with Crippen LogP contribution in [0.25, 0.3) is 10.2 Å². The van der Waals surface area contributed by atoms with Crippen LogP contribution in [0.5, 0.6) is 0 Å². The fraction of sp³-hybridized carbons (Fsp3) is 0.286. The van der Waals surface area contributed by atoms with Gasteiger partial charge >= 0.3 is 0 Å². The summed E-state index contributed by atoms with van der Waals surface area (Å²) in [5, 5.41) is 3.99. The van der Waals surface area contributed by atoms with Crippen LogP contribution < -0.4 is 5.32 Å². The van der Waals surface area contributed by atoms with E-state index < -0.39 is 0 Å². The van der Waals surface area contributed by atoms with Crippen LogP contribution in [0.15, 0.2) is 48.5 Å². The monoisotopic (exact) mass is 379 g/mol. The smallest absolute Gasteiger partial charge is 0.226 e. The van der Waals surface area contributed by atoms with Crippen molar-refractivity contribution in [3.63, 3.8) is 0 Å². The Morgan fingerprint density at radius 1 is 1.15 bits per heavy atom. The molecule has 0 bridgehead atoms. The van der Waals surface area contributed by atoms with Crippen molar-refractivity contribution in [2.75, 3.05) is 18.4 Å². The molecular formula is C21H21N3O2S. The van der Waals surface area contributed by atoms with E-state index in [1.165, 1.54) is 4.70 Å². The summed E-state index contributed by atoms with van der Waals surface area (Å²) in [6.07, 6.45) is 2.62. The molecule has 2 aromatic carbocycles. The number of para-hydroxylation sites is 1. The zero-order chi connectivity index (χ0) is 18.6. The van der Waals surface area contributed by atoms with Gasteiger partial charge in [0.15, 0.2) is 0 Å². The van der Waals surface area contributed by atoms with Gasteiger partial charge in [0.05, 0.1) is 15.2 Å². The third-order valence-electron chi connectivity index (χ3n) is 4.71. The van der Waals surface area contributed by atoms with Gasteiger partial charge in [-0.15, -0.1) is 11.3 Å². The molecule has 1 N–H and O–H groups in total. The molecule has 1 fully saturated rings. The SMILES string of the molecule is O=C(CCN1CCCC1=O)Nc1ccc(Cc2nc3ccccc3s2)cc1. The molecule has 2 heterocycles. The van der Waals surface area contributed by atoms with Crippen molar-refractivity contribution in [3.8, 4) is 0 Å². The largest absolute Gasteiger partial charge is 0.342 e. The lowest BCUT2D eigenvalue weighted by Crippen LogP contribution is -2.28. The van der Waals surface area contributed by atoms with Gasteiger partial charge in [-0.3, -0.25) is 9.59 Å². The molecule has 138 valence electrons. The Kier molecular flexibility index (Phi) is 5.16. The van der Waals surface area contributed by atoms with Crippen molar-refractivity contribution in [1.29, 1.82) is 0 Å². The Morgan fingerprint density at radius 2 is 1.96 bits per heavy atom. The highest BCUT2D eigenvalue weighted by Gasteiger charge is 2.20. The zero-order valence-electron chi connectivity index (χ0n) is 15.0. The molecule has 0 aliphatic carbocycles. The number of hydrogen-bond acceptors (Lipinski definition) is 4. The molecule has 0 saturated carbocycles. The summed E-state index contributed by atoms with van der Waals surface area (Å²) >= 11 is 1.71. The van der Waals surface area contributed by atoms with E-state index in [1.54, 1.807) is 16.2 Å². The number of benzene rings is 2. The van der Waals surface area contributed by atoms with Crippen LogP contribution in [0.1, 0.15) is 29.8 Å². The molecule has 1 aromatic heterocycles. The minimum Gasteiger partial charge on any atom is -0.342 e. The summed E-state index contributed by atoms with van der Waals surface area (Å²) in [5.74, 6) is 0.0932. The Labute approximate surface area is 162 Å². The number of nitrogens with zero attached hydrogens (tertiary/aromatic N) is 2. The van der Waals surface area contributed by atoms with Gasteiger partial charge in [0.2, 0.25) is 11.8 Å². The minimum absolute atomic E-state index is 0.0615. The number of fused-ring (bicyclic) bond motifs is 1. The van der Waals surface area contributed by atoms with Crippen molar-refractivity contribution >= 4 is 39.1 Å². The van der Waals surface area contributed by atoms with Crippen LogP contribution >= 0.6 is 11.3 Å². The molecule has 2 amide bonds. The second-order valence-corrected chi connectivity index (χ2v) is 7.85. The first-order valence-electron chi connectivity index (χ1n) is 9.18. The first kappa shape index (κ1) is 17.7. The summed E-state index contributed by atoms with van der Waals surface area (Å²) in [7, 11) is 0. The van der Waals surface area contributed by atoms with Crippen molar-refractivity contribution in [2.45, 2.75) is 25.7 Å². The molecule has 0 spiro atoms. The highest BCUT2D eigenvalue weighted by Crippen LogP contribution is 2.24. The summed E-state index contributed by atoms with van der Waals surface area (Å²) in [6, 6.07) is 16.0. The van der Waals surface area contributed by atoms with Gasteiger partial charge in [-0.2, -0.15) is 0 Å². The van der Waals surface area contributed by atoms with Crippen molar-refractivity contribution in [2.24, 2.45) is 0 Å². The number of thiazole rings is 1. The lowest BCUT2D eigenvalue weighted by atomic mass is 10.1. The van der Waals surface area contributed by atoms with E-state index in [-0.39, 0.29) is 11.8 Å². The number of amides is 2. The number of aromatic nitrogens is 1. The van der Waals surface area contributed by atoms with Gasteiger partial charge in [-0.1, -0.05) is 24.3 Å². The van der Waals surface area contributed by atoms with E-state index in [9.17, 15) is 9.59 Å². The van der Waals surface area contributed by atoms with E-state index in [4.69, 9.17) is 0 Å². The number of anilines is 1. The molecule has 4 rings (SSSR count). The third-order valence-corrected chi connectivity index (χ3v) is 5.75. The first-order valence-corrected chi connectivity index (χ1v) is 10.00. The molecule has 1 aliphatic heterocycles. The van der Waals surface area contributed by atoms with Gasteiger partial charge in [-0.05, 0) is 36.2 Å². The number of carbonyl (C=O) groups is 2. The molecule has 3 aromatic rings. The normalized spacial score (nSPS) is 14.1. The van der Waals surface area contributed by atoms with E-state index >= 15 is 0 Å². The predicted octanol–water partition coefficient (Wildman–Crippen LogP) is 3.84. The van der Waals surface area contributed by atoms with Crippen LogP contribution in [0.2, 0.25) is 0 Å². The van der Waals surface area contributed by atoms with Crippen LogP contribution in [0.4, 0.5) is 5.69 Å². The summed E-state index contributed by atoms with van der Waals surface area (Å²) < 4.78 is 1.20. The molecule has 5 nitrogen and oxygen atoms in total. The average Bonchev–Trinajstić information content (AvgIpc) is 3.27. The Bertz CT molecular complexity index is 932. The van der Waals surface area contributed by atoms with Gasteiger partial charge < -0.3 is 10.2 Å². The maximum Gasteiger partial charge on any atom is 0.226 e.